The highest BCUT2D eigenvalue weighted by Gasteiger charge is 2.19. The van der Waals surface area contributed by atoms with E-state index in [-0.39, 0.29) is 17.9 Å². The molecule has 0 aromatic carbocycles. The van der Waals surface area contributed by atoms with Crippen LogP contribution in [0.2, 0.25) is 0 Å². The third kappa shape index (κ3) is 40.9. The Labute approximate surface area is 230 Å². The lowest BCUT2D eigenvalue weighted by molar-refractivity contribution is -0.139. The van der Waals surface area contributed by atoms with Gasteiger partial charge in [0.05, 0.1) is 25.0 Å². The number of carboxylic acids is 3. The van der Waals surface area contributed by atoms with Crippen LogP contribution in [0.3, 0.4) is 0 Å². The zero-order valence-corrected chi connectivity index (χ0v) is 23.1. The normalized spacial score (nSPS) is 15.1. The zero-order chi connectivity index (χ0) is 29.6. The first-order valence-corrected chi connectivity index (χ1v) is 13.2. The van der Waals surface area contributed by atoms with Crippen molar-refractivity contribution < 1.29 is 39.2 Å². The smallest absolute Gasteiger partial charge is 0.331 e. The maximum absolute atomic E-state index is 10.6. The summed E-state index contributed by atoms with van der Waals surface area (Å²) in [6.45, 7) is 8.58. The van der Waals surface area contributed by atoms with Crippen LogP contribution in [-0.4, -0.2) is 97.0 Å². The lowest BCUT2D eigenvalue weighted by Crippen LogP contribution is -2.27. The average molecular weight is 570 g/mol. The Morgan fingerprint density at radius 1 is 0.974 bits per heavy atom. The van der Waals surface area contributed by atoms with Crippen molar-refractivity contribution >= 4 is 35.4 Å². The van der Waals surface area contributed by atoms with Crippen molar-refractivity contribution in [3.63, 3.8) is 0 Å². The van der Waals surface area contributed by atoms with Gasteiger partial charge >= 0.3 is 17.9 Å². The van der Waals surface area contributed by atoms with E-state index in [2.05, 4.69) is 17.2 Å². The summed E-state index contributed by atoms with van der Waals surface area (Å²) in [5.74, 6) is -2.27. The fraction of sp³-hybridized carbons (Fsp3) is 0.750. The molecule has 0 radical (unpaired) electrons. The highest BCUT2D eigenvalue weighted by molar-refractivity contribution is 6.18. The van der Waals surface area contributed by atoms with Gasteiger partial charge in [0, 0.05) is 51.1 Å². The maximum Gasteiger partial charge on any atom is 0.331 e. The van der Waals surface area contributed by atoms with E-state index >= 15 is 0 Å². The van der Waals surface area contributed by atoms with E-state index in [1.165, 1.54) is 6.42 Å². The Bertz CT molecular complexity index is 623. The molecule has 2 rings (SSSR count). The van der Waals surface area contributed by atoms with Crippen molar-refractivity contribution in [2.45, 2.75) is 63.9 Å². The first-order valence-electron chi connectivity index (χ1n) is 12.6. The molecule has 2 aliphatic heterocycles. The molecule has 13 nitrogen and oxygen atoms in total. The second kappa shape index (κ2) is 30.9. The van der Waals surface area contributed by atoms with Gasteiger partial charge in [0.25, 0.3) is 0 Å². The van der Waals surface area contributed by atoms with Crippen LogP contribution in [0.15, 0.2) is 12.2 Å². The van der Waals surface area contributed by atoms with Crippen LogP contribution >= 0.6 is 11.6 Å². The summed E-state index contributed by atoms with van der Waals surface area (Å²) in [6, 6.07) is 0. The van der Waals surface area contributed by atoms with Crippen LogP contribution in [0.1, 0.15) is 57.8 Å². The molecule has 0 bridgehead atoms. The maximum atomic E-state index is 10.6. The predicted molar refractivity (Wildman–Crippen MR) is 147 cm³/mol. The van der Waals surface area contributed by atoms with E-state index in [4.69, 9.17) is 48.9 Å². The number of epoxide rings is 1. The van der Waals surface area contributed by atoms with Gasteiger partial charge in [0.1, 0.15) is 0 Å². The molecule has 1 amide bonds. The van der Waals surface area contributed by atoms with E-state index in [0.29, 0.717) is 31.6 Å². The molecule has 38 heavy (non-hydrogen) atoms. The van der Waals surface area contributed by atoms with Crippen molar-refractivity contribution in [2.24, 2.45) is 17.2 Å². The Morgan fingerprint density at radius 2 is 1.58 bits per heavy atom. The summed E-state index contributed by atoms with van der Waals surface area (Å²) >= 11 is 5.27. The molecule has 224 valence electrons. The first-order chi connectivity index (χ1) is 18.0. The number of ether oxygens (including phenoxy) is 1. The van der Waals surface area contributed by atoms with Crippen molar-refractivity contribution in [1.29, 1.82) is 0 Å². The summed E-state index contributed by atoms with van der Waals surface area (Å²) in [7, 11) is 0. The van der Waals surface area contributed by atoms with Crippen molar-refractivity contribution in [1.82, 2.24) is 10.6 Å². The molecular weight excluding hydrogens is 522 g/mol. The van der Waals surface area contributed by atoms with Crippen LogP contribution in [0.25, 0.3) is 0 Å². The number of hydrogen-bond donors (Lipinski definition) is 8. The van der Waals surface area contributed by atoms with E-state index in [0.717, 1.165) is 64.8 Å². The van der Waals surface area contributed by atoms with Gasteiger partial charge in [-0.25, -0.2) is 4.79 Å². The van der Waals surface area contributed by atoms with Crippen molar-refractivity contribution in [3.05, 3.63) is 12.2 Å². The number of carboxylic acid groups (broad SMARTS) is 3. The molecule has 14 heteroatoms. The van der Waals surface area contributed by atoms with Crippen LogP contribution < -0.4 is 27.8 Å². The average Bonchev–Trinajstić information content (AvgIpc) is 3.72. The lowest BCUT2D eigenvalue weighted by Gasteiger charge is -1.95. The number of amides is 1. The monoisotopic (exact) mass is 569 g/mol. The highest BCUT2D eigenvalue weighted by atomic mass is 35.5. The molecule has 0 aromatic heterocycles. The summed E-state index contributed by atoms with van der Waals surface area (Å²) in [6.07, 6.45) is 6.98. The van der Waals surface area contributed by atoms with Crippen molar-refractivity contribution in [3.8, 4) is 0 Å². The molecular formula is C24H48ClN5O8. The molecule has 0 aromatic rings. The number of rotatable bonds is 13. The minimum atomic E-state index is -1.27. The minimum Gasteiger partial charge on any atom is -0.481 e. The van der Waals surface area contributed by atoms with E-state index in [9.17, 15) is 19.2 Å². The third-order valence-corrected chi connectivity index (χ3v) is 4.73. The number of nitrogens with one attached hydrogen (secondary N) is 2. The van der Waals surface area contributed by atoms with E-state index in [1.807, 2.05) is 0 Å². The van der Waals surface area contributed by atoms with Crippen LogP contribution in [0, 0.1) is 0 Å². The molecule has 1 unspecified atom stereocenters. The van der Waals surface area contributed by atoms with Gasteiger partial charge in [0.2, 0.25) is 5.91 Å². The molecule has 0 saturated carbocycles. The Morgan fingerprint density at radius 3 is 1.95 bits per heavy atom. The molecule has 2 saturated heterocycles. The Hall–Kier alpha value is -2.29. The number of carbonyl (C=O) groups is 4. The van der Waals surface area contributed by atoms with Gasteiger partial charge in [-0.2, -0.15) is 0 Å². The van der Waals surface area contributed by atoms with E-state index in [1.54, 1.807) is 0 Å². The van der Waals surface area contributed by atoms with Crippen LogP contribution in [0.4, 0.5) is 0 Å². The number of nitrogens with two attached hydrogens (primary N) is 3. The highest BCUT2D eigenvalue weighted by Crippen LogP contribution is 2.08. The largest absolute Gasteiger partial charge is 0.481 e. The summed E-state index contributed by atoms with van der Waals surface area (Å²) in [5.41, 5.74) is 15.2. The standard InChI is InChI=1S/C6H13NO2.C6H11NO.C5H6O4.C4H13N3.C3H5ClO/c7-5-3-1-2-4-6(8)9;8-6-4-2-1-3-5-7-6;1-3(5(8)9)2-4(6)7;5-1-3-7-4-2-6;4-1-3-2-5-3/h1-5,7H2,(H,8,9);1-5H2,(H,7,8);1-2H2,(H,6,7)(H,8,9);7H,1-6H2;3H,1-2H2. The van der Waals surface area contributed by atoms with E-state index < -0.39 is 24.3 Å². The second-order valence-electron chi connectivity index (χ2n) is 8.07. The lowest BCUT2D eigenvalue weighted by atomic mass is 10.2. The van der Waals surface area contributed by atoms with Gasteiger partial charge in [0.15, 0.2) is 0 Å². The number of carbonyl (C=O) groups excluding carboxylic acids is 1. The zero-order valence-electron chi connectivity index (χ0n) is 22.3. The molecule has 0 aliphatic carbocycles. The molecule has 2 aliphatic rings. The van der Waals surface area contributed by atoms with Gasteiger partial charge in [-0.1, -0.05) is 19.4 Å². The Kier molecular flexibility index (Phi) is 32.7. The summed E-state index contributed by atoms with van der Waals surface area (Å²) in [5, 5.41) is 30.1. The van der Waals surface area contributed by atoms with Gasteiger partial charge in [-0.15, -0.1) is 11.6 Å². The number of hydrogen-bond acceptors (Lipinski definition) is 9. The molecule has 2 heterocycles. The van der Waals surface area contributed by atoms with Gasteiger partial charge in [-0.3, -0.25) is 14.4 Å². The quantitative estimate of drug-likeness (QED) is 0.0653. The summed E-state index contributed by atoms with van der Waals surface area (Å²) < 4.78 is 4.73. The summed E-state index contributed by atoms with van der Waals surface area (Å²) in [4.78, 5) is 40.2. The number of alkyl halides is 1. The molecule has 11 N–H and O–H groups in total. The molecule has 2 fully saturated rings. The van der Waals surface area contributed by atoms with Crippen molar-refractivity contribution in [2.75, 3.05) is 51.8 Å². The Balaban J connectivity index is -0.000000407. The van der Waals surface area contributed by atoms with Gasteiger partial charge < -0.3 is 47.9 Å². The predicted octanol–water partition coefficient (Wildman–Crippen LogP) is 0.486. The fourth-order valence-corrected chi connectivity index (χ4v) is 2.42. The SMILES string of the molecule is C=C(CC(=O)O)C(=O)O.ClCC1CO1.NCCCCCC(=O)O.NCCNCCN.O=C1CCCCCN1. The number of unbranched alkanes of at least 4 members (excludes halogenated alkanes) is 2. The molecule has 1 atom stereocenters. The van der Waals surface area contributed by atoms with Crippen LogP contribution in [0.5, 0.6) is 0 Å². The minimum absolute atomic E-state index is 0.225. The topological polar surface area (TPSA) is 244 Å². The fourth-order valence-electron chi connectivity index (χ4n) is 2.25. The first kappa shape index (κ1) is 40.2. The number of halogens is 1. The number of aliphatic carboxylic acids is 3. The molecule has 0 spiro atoms. The third-order valence-electron chi connectivity index (χ3n) is 4.38. The second-order valence-corrected chi connectivity index (χ2v) is 8.38. The van der Waals surface area contributed by atoms with Gasteiger partial charge in [-0.05, 0) is 32.2 Å². The van der Waals surface area contributed by atoms with Crippen LogP contribution in [-0.2, 0) is 23.9 Å².